The Kier molecular flexibility index (Phi) is 11.9. The normalized spacial score (nSPS) is 16.8. The number of likely N-dealkylation sites (tertiary alicyclic amines) is 1. The van der Waals surface area contributed by atoms with Crippen molar-refractivity contribution < 1.29 is 5.11 Å². The number of nitrogens with zero attached hydrogens (tertiary/aromatic N) is 2. The minimum atomic E-state index is -0.454. The van der Waals surface area contributed by atoms with Crippen molar-refractivity contribution in [1.29, 1.82) is 0 Å². The third-order valence-electron chi connectivity index (χ3n) is 4.29. The Bertz CT molecular complexity index is 478. The lowest BCUT2D eigenvalue weighted by atomic mass is 10.1. The molecule has 1 aromatic carbocycles. The smallest absolute Gasteiger partial charge is 0.191 e. The molecule has 2 rings (SSSR count). The van der Waals surface area contributed by atoms with Gasteiger partial charge in [-0.3, -0.25) is 4.99 Å². The van der Waals surface area contributed by atoms with E-state index < -0.39 is 6.10 Å². The van der Waals surface area contributed by atoms with Gasteiger partial charge in [-0.05, 0) is 38.4 Å². The molecule has 25 heavy (non-hydrogen) atoms. The standard InChI is InChI=1S/C19H32N4O.HI/c1-2-20-19(21-11-14-23-12-7-4-8-13-23)22-16-18(24)15-17-9-5-3-6-10-17;/h3,5-6,9-10,18,24H,2,4,7-8,11-16H2,1H3,(H2,20,21,22);1H. The highest BCUT2D eigenvalue weighted by Crippen LogP contribution is 2.07. The molecule has 0 aliphatic carbocycles. The van der Waals surface area contributed by atoms with E-state index in [0.717, 1.165) is 31.2 Å². The van der Waals surface area contributed by atoms with E-state index in [4.69, 9.17) is 0 Å². The minimum Gasteiger partial charge on any atom is -0.391 e. The molecule has 0 bridgehead atoms. The van der Waals surface area contributed by atoms with Crippen molar-refractivity contribution in [2.24, 2.45) is 4.99 Å². The van der Waals surface area contributed by atoms with Crippen LogP contribution in [0.3, 0.4) is 0 Å². The van der Waals surface area contributed by atoms with E-state index in [1.54, 1.807) is 0 Å². The maximum absolute atomic E-state index is 10.2. The molecule has 0 amide bonds. The Hall–Kier alpha value is -0.860. The molecule has 1 aliphatic heterocycles. The number of benzene rings is 1. The van der Waals surface area contributed by atoms with Crippen LogP contribution in [0.25, 0.3) is 0 Å². The number of piperidine rings is 1. The van der Waals surface area contributed by atoms with Gasteiger partial charge >= 0.3 is 0 Å². The van der Waals surface area contributed by atoms with Crippen LogP contribution < -0.4 is 10.6 Å². The molecule has 0 radical (unpaired) electrons. The molecule has 1 unspecified atom stereocenters. The van der Waals surface area contributed by atoms with Crippen LogP contribution in [0, 0.1) is 0 Å². The average molecular weight is 460 g/mol. The third-order valence-corrected chi connectivity index (χ3v) is 4.29. The highest BCUT2D eigenvalue weighted by Gasteiger charge is 2.10. The largest absolute Gasteiger partial charge is 0.391 e. The zero-order valence-corrected chi connectivity index (χ0v) is 17.6. The van der Waals surface area contributed by atoms with Crippen molar-refractivity contribution in [1.82, 2.24) is 15.5 Å². The van der Waals surface area contributed by atoms with Crippen LogP contribution in [0.5, 0.6) is 0 Å². The summed E-state index contributed by atoms with van der Waals surface area (Å²) >= 11 is 0. The lowest BCUT2D eigenvalue weighted by Crippen LogP contribution is -2.43. The zero-order chi connectivity index (χ0) is 17.0. The van der Waals surface area contributed by atoms with Crippen molar-refractivity contribution in [3.63, 3.8) is 0 Å². The van der Waals surface area contributed by atoms with Gasteiger partial charge in [0.1, 0.15) is 0 Å². The molecule has 6 heteroatoms. The third kappa shape index (κ3) is 9.42. The van der Waals surface area contributed by atoms with Gasteiger partial charge in [0.05, 0.1) is 12.6 Å². The molecule has 1 aromatic rings. The zero-order valence-electron chi connectivity index (χ0n) is 15.3. The summed E-state index contributed by atoms with van der Waals surface area (Å²) in [5, 5.41) is 16.8. The van der Waals surface area contributed by atoms with Gasteiger partial charge in [-0.1, -0.05) is 36.8 Å². The van der Waals surface area contributed by atoms with Gasteiger partial charge in [-0.15, -0.1) is 24.0 Å². The minimum absolute atomic E-state index is 0. The van der Waals surface area contributed by atoms with Gasteiger partial charge in [-0.25, -0.2) is 0 Å². The van der Waals surface area contributed by atoms with E-state index in [2.05, 4.69) is 27.4 Å². The van der Waals surface area contributed by atoms with E-state index >= 15 is 0 Å². The van der Waals surface area contributed by atoms with E-state index in [-0.39, 0.29) is 24.0 Å². The van der Waals surface area contributed by atoms with E-state index in [1.807, 2.05) is 30.3 Å². The summed E-state index contributed by atoms with van der Waals surface area (Å²) in [5.74, 6) is 0.793. The Labute approximate surface area is 169 Å². The molecule has 1 aliphatic rings. The number of rotatable bonds is 8. The number of nitrogens with one attached hydrogen (secondary N) is 2. The molecule has 142 valence electrons. The fraction of sp³-hybridized carbons (Fsp3) is 0.632. The second-order valence-electron chi connectivity index (χ2n) is 6.39. The fourth-order valence-electron chi connectivity index (χ4n) is 3.00. The topological polar surface area (TPSA) is 59.9 Å². The van der Waals surface area contributed by atoms with Crippen LogP contribution in [0.15, 0.2) is 35.3 Å². The quantitative estimate of drug-likeness (QED) is 0.317. The first-order chi connectivity index (χ1) is 11.8. The van der Waals surface area contributed by atoms with Crippen LogP contribution in [0.2, 0.25) is 0 Å². The number of aliphatic imine (C=N–C) groups is 1. The number of hydrogen-bond donors (Lipinski definition) is 3. The maximum Gasteiger partial charge on any atom is 0.191 e. The first kappa shape index (κ1) is 22.2. The second kappa shape index (κ2) is 13.4. The Morgan fingerprint density at radius 2 is 1.88 bits per heavy atom. The number of guanidine groups is 1. The average Bonchev–Trinajstić information content (AvgIpc) is 2.61. The molecule has 5 nitrogen and oxygen atoms in total. The highest BCUT2D eigenvalue weighted by molar-refractivity contribution is 14.0. The summed E-state index contributed by atoms with van der Waals surface area (Å²) in [6.45, 7) is 7.66. The summed E-state index contributed by atoms with van der Waals surface area (Å²) in [7, 11) is 0. The molecular formula is C19H33IN4O. The molecule has 1 saturated heterocycles. The van der Waals surface area contributed by atoms with Crippen molar-refractivity contribution in [2.45, 2.75) is 38.7 Å². The van der Waals surface area contributed by atoms with Crippen LogP contribution in [-0.4, -0.2) is 61.3 Å². The van der Waals surface area contributed by atoms with E-state index in [1.165, 1.54) is 32.4 Å². The van der Waals surface area contributed by atoms with Crippen molar-refractivity contribution in [3.05, 3.63) is 35.9 Å². The first-order valence-corrected chi connectivity index (χ1v) is 9.24. The number of aliphatic hydroxyl groups excluding tert-OH is 1. The highest BCUT2D eigenvalue weighted by atomic mass is 127. The predicted octanol–water partition coefficient (Wildman–Crippen LogP) is 2.25. The van der Waals surface area contributed by atoms with E-state index in [9.17, 15) is 5.11 Å². The molecule has 3 N–H and O–H groups in total. The molecule has 0 aromatic heterocycles. The number of hydrogen-bond acceptors (Lipinski definition) is 3. The van der Waals surface area contributed by atoms with Crippen molar-refractivity contribution in [3.8, 4) is 0 Å². The van der Waals surface area contributed by atoms with Crippen LogP contribution in [-0.2, 0) is 6.42 Å². The van der Waals surface area contributed by atoms with Crippen molar-refractivity contribution >= 4 is 29.9 Å². The van der Waals surface area contributed by atoms with Crippen LogP contribution >= 0.6 is 24.0 Å². The van der Waals surface area contributed by atoms with E-state index in [0.29, 0.717) is 13.0 Å². The lowest BCUT2D eigenvalue weighted by Gasteiger charge is -2.26. The number of aliphatic hydroxyl groups is 1. The SMILES string of the molecule is CCNC(=NCC(O)Cc1ccccc1)NCCN1CCCCC1.I. The van der Waals surface area contributed by atoms with Gasteiger partial charge in [-0.2, -0.15) is 0 Å². The predicted molar refractivity (Wildman–Crippen MR) is 116 cm³/mol. The first-order valence-electron chi connectivity index (χ1n) is 9.24. The summed E-state index contributed by atoms with van der Waals surface area (Å²) in [6.07, 6.45) is 4.19. The van der Waals surface area contributed by atoms with Gasteiger partial charge in [0, 0.05) is 26.1 Å². The lowest BCUT2D eigenvalue weighted by molar-refractivity contribution is 0.183. The molecule has 1 fully saturated rings. The van der Waals surface area contributed by atoms with Gasteiger partial charge < -0.3 is 20.6 Å². The Morgan fingerprint density at radius 3 is 2.56 bits per heavy atom. The maximum atomic E-state index is 10.2. The summed E-state index contributed by atoms with van der Waals surface area (Å²) < 4.78 is 0. The second-order valence-corrected chi connectivity index (χ2v) is 6.39. The fourth-order valence-corrected chi connectivity index (χ4v) is 3.00. The molecule has 1 heterocycles. The van der Waals surface area contributed by atoms with Crippen molar-refractivity contribution in [2.75, 3.05) is 39.3 Å². The molecule has 1 atom stereocenters. The van der Waals surface area contributed by atoms with Gasteiger partial charge in [0.25, 0.3) is 0 Å². The Balaban J connectivity index is 0.00000312. The molecular weight excluding hydrogens is 427 g/mol. The summed E-state index contributed by atoms with van der Waals surface area (Å²) in [4.78, 5) is 7.02. The Morgan fingerprint density at radius 1 is 1.16 bits per heavy atom. The monoisotopic (exact) mass is 460 g/mol. The van der Waals surface area contributed by atoms with Gasteiger partial charge in [0.2, 0.25) is 0 Å². The summed E-state index contributed by atoms with van der Waals surface area (Å²) in [5.41, 5.74) is 1.14. The van der Waals surface area contributed by atoms with Gasteiger partial charge in [0.15, 0.2) is 5.96 Å². The molecule has 0 spiro atoms. The molecule has 0 saturated carbocycles. The number of halogens is 1. The van der Waals surface area contributed by atoms with Crippen LogP contribution in [0.1, 0.15) is 31.7 Å². The van der Waals surface area contributed by atoms with Crippen LogP contribution in [0.4, 0.5) is 0 Å². The summed E-state index contributed by atoms with van der Waals surface area (Å²) in [6, 6.07) is 10.1.